The van der Waals surface area contributed by atoms with Crippen molar-refractivity contribution in [1.29, 1.82) is 0 Å². The molecule has 0 heterocycles. The Labute approximate surface area is 163 Å². The van der Waals surface area contributed by atoms with E-state index in [0.717, 1.165) is 6.42 Å². The Hall–Kier alpha value is -1.05. The van der Waals surface area contributed by atoms with Crippen molar-refractivity contribution in [1.82, 2.24) is 0 Å². The number of rotatable bonds is 20. The maximum absolute atomic E-state index is 10.3. The quantitative estimate of drug-likeness (QED) is 0.174. The number of hydrogen-bond donors (Lipinski definition) is 1. The van der Waals surface area contributed by atoms with Crippen LogP contribution < -0.4 is 0 Å². The average molecular weight is 365 g/mol. The highest BCUT2D eigenvalue weighted by atomic mass is 16.4. The first-order chi connectivity index (χ1) is 12.8. The van der Waals surface area contributed by atoms with Crippen molar-refractivity contribution < 1.29 is 9.90 Å². The summed E-state index contributed by atoms with van der Waals surface area (Å²) in [6.45, 7) is 2.28. The summed E-state index contributed by atoms with van der Waals surface area (Å²) in [5, 5.41) is 8.50. The van der Waals surface area contributed by atoms with Crippen molar-refractivity contribution >= 4 is 5.97 Å². The second-order valence-corrected chi connectivity index (χ2v) is 7.55. The zero-order valence-corrected chi connectivity index (χ0v) is 17.4. The third-order valence-electron chi connectivity index (χ3n) is 4.90. The lowest BCUT2D eigenvalue weighted by Gasteiger charge is -2.03. The summed E-state index contributed by atoms with van der Waals surface area (Å²) in [5.41, 5.74) is 0. The molecule has 0 aromatic heterocycles. The first-order valence-corrected chi connectivity index (χ1v) is 11.3. The number of allylic oxidation sites excluding steroid dienone is 3. The van der Waals surface area contributed by atoms with Gasteiger partial charge in [0.2, 0.25) is 0 Å². The van der Waals surface area contributed by atoms with Crippen LogP contribution in [0.5, 0.6) is 0 Å². The average Bonchev–Trinajstić information content (AvgIpc) is 2.62. The normalized spacial score (nSPS) is 11.7. The molecule has 0 aliphatic carbocycles. The van der Waals surface area contributed by atoms with Crippen LogP contribution in [0.3, 0.4) is 0 Å². The minimum absolute atomic E-state index is 0.114. The molecule has 0 spiro atoms. The van der Waals surface area contributed by atoms with Crippen molar-refractivity contribution in [2.45, 2.75) is 122 Å². The van der Waals surface area contributed by atoms with E-state index in [1.54, 1.807) is 6.08 Å². The van der Waals surface area contributed by atoms with E-state index >= 15 is 0 Å². The summed E-state index contributed by atoms with van der Waals surface area (Å²) >= 11 is 0. The van der Waals surface area contributed by atoms with Gasteiger partial charge in [0, 0.05) is 0 Å². The van der Waals surface area contributed by atoms with Crippen LogP contribution in [0.25, 0.3) is 0 Å². The molecule has 0 atom stereocenters. The summed E-state index contributed by atoms with van der Waals surface area (Å²) in [6, 6.07) is 0. The molecule has 0 amide bonds. The number of aliphatic carboxylic acids is 1. The summed E-state index contributed by atoms with van der Waals surface area (Å²) < 4.78 is 0. The first-order valence-electron chi connectivity index (χ1n) is 11.3. The molecule has 0 aromatic rings. The van der Waals surface area contributed by atoms with Crippen molar-refractivity contribution in [3.63, 3.8) is 0 Å². The van der Waals surface area contributed by atoms with E-state index in [1.807, 2.05) is 12.2 Å². The van der Waals surface area contributed by atoms with Gasteiger partial charge in [0.1, 0.15) is 0 Å². The molecule has 0 saturated carbocycles. The van der Waals surface area contributed by atoms with Crippen molar-refractivity contribution in [2.75, 3.05) is 0 Å². The smallest absolute Gasteiger partial charge is 0.307 e. The van der Waals surface area contributed by atoms with Gasteiger partial charge in [-0.15, -0.1) is 0 Å². The van der Waals surface area contributed by atoms with E-state index < -0.39 is 5.97 Å². The number of carboxylic acid groups (broad SMARTS) is 1. The molecule has 0 unspecified atom stereocenters. The molecule has 2 nitrogen and oxygen atoms in total. The molecule has 0 saturated heterocycles. The molecular weight excluding hydrogens is 320 g/mol. The third kappa shape index (κ3) is 22.9. The Bertz CT molecular complexity index is 344. The lowest BCUT2D eigenvalue weighted by molar-refractivity contribution is -0.136. The fraction of sp³-hybridized carbons (Fsp3) is 0.792. The molecule has 0 aliphatic heterocycles. The summed E-state index contributed by atoms with van der Waals surface area (Å²) in [4.78, 5) is 10.3. The third-order valence-corrected chi connectivity index (χ3v) is 4.90. The Balaban J connectivity index is 3.10. The van der Waals surface area contributed by atoms with Gasteiger partial charge in [-0.05, 0) is 12.8 Å². The van der Waals surface area contributed by atoms with Gasteiger partial charge in [0.25, 0.3) is 0 Å². The standard InChI is InChI=1S/C24H44O2/c1-2-3-4-5-6-7-8-9-10-11-12-13-14-15-16-17-18-19-20-21-22-23-24(25)26/h19-22H,2-18,23H2,1H3,(H,25,26)/b20-19+,22-21+. The van der Waals surface area contributed by atoms with Gasteiger partial charge in [0.05, 0.1) is 6.42 Å². The molecular formula is C24H44O2. The predicted molar refractivity (Wildman–Crippen MR) is 115 cm³/mol. The Morgan fingerprint density at radius 1 is 0.615 bits per heavy atom. The van der Waals surface area contributed by atoms with Crippen molar-refractivity contribution in [3.05, 3.63) is 24.3 Å². The molecule has 0 aliphatic rings. The van der Waals surface area contributed by atoms with Crippen LogP contribution >= 0.6 is 0 Å². The molecule has 26 heavy (non-hydrogen) atoms. The van der Waals surface area contributed by atoms with Gasteiger partial charge in [-0.1, -0.05) is 128 Å². The Morgan fingerprint density at radius 3 is 1.42 bits per heavy atom. The van der Waals surface area contributed by atoms with Gasteiger partial charge in [-0.3, -0.25) is 4.79 Å². The molecule has 0 rings (SSSR count). The summed E-state index contributed by atoms with van der Waals surface area (Å²) in [6.07, 6.45) is 31.3. The molecule has 0 bridgehead atoms. The molecule has 1 N–H and O–H groups in total. The lowest BCUT2D eigenvalue weighted by Crippen LogP contribution is -1.89. The van der Waals surface area contributed by atoms with Crippen molar-refractivity contribution in [3.8, 4) is 0 Å². The van der Waals surface area contributed by atoms with Crippen molar-refractivity contribution in [2.24, 2.45) is 0 Å². The van der Waals surface area contributed by atoms with Crippen LogP contribution in [-0.4, -0.2) is 11.1 Å². The molecule has 0 radical (unpaired) electrons. The molecule has 0 fully saturated rings. The fourth-order valence-electron chi connectivity index (χ4n) is 3.23. The summed E-state index contributed by atoms with van der Waals surface area (Å²) in [7, 11) is 0. The minimum atomic E-state index is -0.771. The molecule has 0 aromatic carbocycles. The van der Waals surface area contributed by atoms with E-state index in [9.17, 15) is 4.79 Å². The van der Waals surface area contributed by atoms with Crippen LogP contribution in [-0.2, 0) is 4.79 Å². The van der Waals surface area contributed by atoms with E-state index in [0.29, 0.717) is 0 Å². The lowest BCUT2D eigenvalue weighted by atomic mass is 10.0. The summed E-state index contributed by atoms with van der Waals surface area (Å²) in [5.74, 6) is -0.771. The largest absolute Gasteiger partial charge is 0.481 e. The van der Waals surface area contributed by atoms with Gasteiger partial charge in [-0.2, -0.15) is 0 Å². The maximum atomic E-state index is 10.3. The number of unbranched alkanes of at least 4 members (excludes halogenated alkanes) is 16. The van der Waals surface area contributed by atoms with E-state index in [4.69, 9.17) is 5.11 Å². The highest BCUT2D eigenvalue weighted by Crippen LogP contribution is 2.14. The number of hydrogen-bond acceptors (Lipinski definition) is 1. The predicted octanol–water partition coefficient (Wildman–Crippen LogP) is 8.23. The minimum Gasteiger partial charge on any atom is -0.481 e. The second kappa shape index (κ2) is 22.0. The van der Waals surface area contributed by atoms with Crippen LogP contribution in [0.15, 0.2) is 24.3 Å². The highest BCUT2D eigenvalue weighted by Gasteiger charge is 1.94. The monoisotopic (exact) mass is 364 g/mol. The topological polar surface area (TPSA) is 37.3 Å². The Kier molecular flexibility index (Phi) is 21.1. The van der Waals surface area contributed by atoms with Crippen LogP contribution in [0.4, 0.5) is 0 Å². The second-order valence-electron chi connectivity index (χ2n) is 7.55. The van der Waals surface area contributed by atoms with E-state index in [-0.39, 0.29) is 6.42 Å². The zero-order chi connectivity index (χ0) is 19.1. The van der Waals surface area contributed by atoms with Gasteiger partial charge >= 0.3 is 5.97 Å². The Morgan fingerprint density at radius 2 is 1.00 bits per heavy atom. The van der Waals surface area contributed by atoms with Gasteiger partial charge < -0.3 is 5.11 Å². The molecule has 152 valence electrons. The van der Waals surface area contributed by atoms with E-state index in [1.165, 1.54) is 103 Å². The molecule has 2 heteroatoms. The van der Waals surface area contributed by atoms with Crippen LogP contribution in [0.2, 0.25) is 0 Å². The maximum Gasteiger partial charge on any atom is 0.307 e. The first kappa shape index (κ1) is 24.9. The van der Waals surface area contributed by atoms with E-state index in [2.05, 4.69) is 13.0 Å². The highest BCUT2D eigenvalue weighted by molar-refractivity contribution is 5.68. The number of carboxylic acids is 1. The fourth-order valence-corrected chi connectivity index (χ4v) is 3.23. The number of carbonyl (C=O) groups is 1. The van der Waals surface area contributed by atoms with Crippen LogP contribution in [0.1, 0.15) is 122 Å². The SMILES string of the molecule is CCCCCCCCCCCCCCCCCC/C=C/C=C/CC(=O)O. The van der Waals surface area contributed by atoms with Gasteiger partial charge in [0.15, 0.2) is 0 Å². The van der Waals surface area contributed by atoms with Gasteiger partial charge in [-0.25, -0.2) is 0 Å². The van der Waals surface area contributed by atoms with Crippen LogP contribution in [0, 0.1) is 0 Å². The zero-order valence-electron chi connectivity index (χ0n) is 17.4.